The molecule has 0 saturated carbocycles. The van der Waals surface area contributed by atoms with E-state index in [1.54, 1.807) is 0 Å². The Balaban J connectivity index is 2.19. The Morgan fingerprint density at radius 3 is 1.13 bits per heavy atom. The van der Waals surface area contributed by atoms with Crippen LogP contribution in [-0.4, -0.2) is 18.1 Å². The fraction of sp³-hybridized carbons (Fsp3) is 0. The van der Waals surface area contributed by atoms with E-state index in [4.69, 9.17) is 7.85 Å². The van der Waals surface area contributed by atoms with Crippen LogP contribution in [0.25, 0.3) is 33.4 Å². The summed E-state index contributed by atoms with van der Waals surface area (Å²) >= 11 is 10.7. The Morgan fingerprint density at radius 1 is 0.500 bits per heavy atom. The molecule has 146 valence electrons. The molecule has 0 atom stereocenters. The summed E-state index contributed by atoms with van der Waals surface area (Å²) in [5.41, 5.74) is 3.64. The molecule has 0 aliphatic rings. The second-order valence-electron chi connectivity index (χ2n) is 6.68. The van der Waals surface area contributed by atoms with Gasteiger partial charge in [0.1, 0.15) is 19.3 Å². The van der Waals surface area contributed by atoms with Crippen LogP contribution in [0.15, 0.2) is 86.2 Å². The third kappa shape index (κ3) is 3.62. The molecule has 0 bridgehead atoms. The van der Waals surface area contributed by atoms with Crippen molar-refractivity contribution in [1.29, 1.82) is 0 Å². The maximum Gasteiger partial charge on any atom is 0.134 e. The van der Waals surface area contributed by atoms with Gasteiger partial charge in [0.05, 0.1) is 5.56 Å². The molecule has 6 heteroatoms. The van der Waals surface area contributed by atoms with Gasteiger partial charge in [0, 0.05) is 30.1 Å². The summed E-state index contributed by atoms with van der Waals surface area (Å²) < 4.78 is 2.32. The minimum Gasteiger partial charge on any atom is -0.507 e. The van der Waals surface area contributed by atoms with Crippen molar-refractivity contribution in [2.75, 3.05) is 0 Å². The zero-order chi connectivity index (χ0) is 21.4. The Bertz CT molecular complexity index is 1090. The maximum absolute atomic E-state index is 11.4. The molecular formula is C24H14BBr3O2. The van der Waals surface area contributed by atoms with Crippen LogP contribution < -0.4 is 5.46 Å². The van der Waals surface area contributed by atoms with Crippen LogP contribution in [-0.2, 0) is 0 Å². The molecule has 0 aliphatic heterocycles. The lowest BCUT2D eigenvalue weighted by Gasteiger charge is -2.22. The Hall–Kier alpha value is -2.02. The first-order chi connectivity index (χ1) is 14.4. The van der Waals surface area contributed by atoms with Gasteiger partial charge >= 0.3 is 0 Å². The van der Waals surface area contributed by atoms with E-state index in [1.807, 2.05) is 72.8 Å². The Morgan fingerprint density at radius 2 is 0.800 bits per heavy atom. The number of benzene rings is 4. The van der Waals surface area contributed by atoms with Crippen molar-refractivity contribution in [1.82, 2.24) is 0 Å². The van der Waals surface area contributed by atoms with Crippen molar-refractivity contribution in [3.05, 3.63) is 86.2 Å². The predicted octanol–water partition coefficient (Wildman–Crippen LogP) is 7.18. The summed E-state index contributed by atoms with van der Waals surface area (Å²) in [5, 5.41) is 22.7. The molecule has 2 nitrogen and oxygen atoms in total. The van der Waals surface area contributed by atoms with Gasteiger partial charge in [-0.25, -0.2) is 0 Å². The van der Waals surface area contributed by atoms with Gasteiger partial charge in [-0.05, 0) is 29.3 Å². The summed E-state index contributed by atoms with van der Waals surface area (Å²) in [5.74, 6) is -0.167. The van der Waals surface area contributed by atoms with Crippen LogP contribution in [0, 0.1) is 0 Å². The summed E-state index contributed by atoms with van der Waals surface area (Å²) in [4.78, 5) is 0. The first kappa shape index (κ1) is 21.2. The molecule has 0 fully saturated rings. The SMILES string of the molecule is [B]c1c(-c2ccccc2Br)c(O)c(-c2ccccc2Br)c(O)c1-c1ccccc1Br. The lowest BCUT2D eigenvalue weighted by Crippen LogP contribution is -2.13. The van der Waals surface area contributed by atoms with Gasteiger partial charge in [0.25, 0.3) is 0 Å². The smallest absolute Gasteiger partial charge is 0.134 e. The fourth-order valence-electron chi connectivity index (χ4n) is 3.53. The minimum absolute atomic E-state index is 0.0837. The van der Waals surface area contributed by atoms with Crippen LogP contribution in [0.2, 0.25) is 0 Å². The number of phenolic OH excluding ortho intramolecular Hbond substituents is 2. The molecule has 4 aromatic carbocycles. The highest BCUT2D eigenvalue weighted by molar-refractivity contribution is 9.11. The van der Waals surface area contributed by atoms with Crippen LogP contribution in [0.4, 0.5) is 0 Å². The first-order valence-corrected chi connectivity index (χ1v) is 11.4. The zero-order valence-electron chi connectivity index (χ0n) is 15.5. The topological polar surface area (TPSA) is 40.5 Å². The molecule has 0 amide bonds. The molecule has 0 aliphatic carbocycles. The van der Waals surface area contributed by atoms with E-state index in [0.717, 1.165) is 24.5 Å². The van der Waals surface area contributed by atoms with Gasteiger partial charge in [-0.3, -0.25) is 0 Å². The molecule has 0 unspecified atom stereocenters. The normalized spacial score (nSPS) is 10.9. The number of halogens is 3. The van der Waals surface area contributed by atoms with Gasteiger partial charge in [-0.15, -0.1) is 0 Å². The fourth-order valence-corrected chi connectivity index (χ4v) is 4.98. The number of phenols is 2. The summed E-state index contributed by atoms with van der Waals surface area (Å²) in [6.45, 7) is 0. The van der Waals surface area contributed by atoms with E-state index in [0.29, 0.717) is 27.7 Å². The second kappa shape index (κ2) is 8.62. The quantitative estimate of drug-likeness (QED) is 0.251. The number of hydrogen-bond donors (Lipinski definition) is 2. The molecule has 0 saturated heterocycles. The van der Waals surface area contributed by atoms with Gasteiger partial charge in [0.15, 0.2) is 0 Å². The van der Waals surface area contributed by atoms with E-state index in [2.05, 4.69) is 47.8 Å². The Labute approximate surface area is 201 Å². The van der Waals surface area contributed by atoms with Gasteiger partial charge in [-0.1, -0.05) is 108 Å². The first-order valence-electron chi connectivity index (χ1n) is 9.03. The predicted molar refractivity (Wildman–Crippen MR) is 135 cm³/mol. The van der Waals surface area contributed by atoms with E-state index in [-0.39, 0.29) is 11.5 Å². The molecule has 4 aromatic rings. The van der Waals surface area contributed by atoms with Crippen LogP contribution in [0.5, 0.6) is 11.5 Å². The van der Waals surface area contributed by atoms with E-state index >= 15 is 0 Å². The third-order valence-corrected chi connectivity index (χ3v) is 6.99. The van der Waals surface area contributed by atoms with Crippen molar-refractivity contribution in [3.63, 3.8) is 0 Å². The van der Waals surface area contributed by atoms with Crippen LogP contribution >= 0.6 is 47.8 Å². The van der Waals surface area contributed by atoms with Crippen molar-refractivity contribution >= 4 is 61.1 Å². The standard InChI is InChI=1S/C24H14BBr3O2/c25-22-19(13-7-1-4-10-16(13)26)23(29)21(15-9-3-6-12-18(15)28)24(30)20(22)14-8-2-5-11-17(14)27/h1-12,29-30H. The highest BCUT2D eigenvalue weighted by Gasteiger charge is 2.26. The van der Waals surface area contributed by atoms with Crippen molar-refractivity contribution in [2.24, 2.45) is 0 Å². The summed E-state index contributed by atoms with van der Waals surface area (Å²) in [7, 11) is 6.60. The van der Waals surface area contributed by atoms with Crippen molar-refractivity contribution in [2.45, 2.75) is 0 Å². The molecule has 2 radical (unpaired) electrons. The molecular weight excluding hydrogens is 571 g/mol. The Kier molecular flexibility index (Phi) is 6.10. The monoisotopic (exact) mass is 582 g/mol. The van der Waals surface area contributed by atoms with E-state index in [1.165, 1.54) is 0 Å². The van der Waals surface area contributed by atoms with Gasteiger partial charge in [0.2, 0.25) is 0 Å². The van der Waals surface area contributed by atoms with E-state index < -0.39 is 0 Å². The number of hydrogen-bond acceptors (Lipinski definition) is 2. The van der Waals surface area contributed by atoms with Crippen molar-refractivity contribution < 1.29 is 10.2 Å². The average molecular weight is 585 g/mol. The van der Waals surface area contributed by atoms with Gasteiger partial charge < -0.3 is 10.2 Å². The maximum atomic E-state index is 11.4. The third-order valence-electron chi connectivity index (χ3n) is 4.92. The lowest BCUT2D eigenvalue weighted by atomic mass is 9.77. The largest absolute Gasteiger partial charge is 0.507 e. The average Bonchev–Trinajstić information content (AvgIpc) is 2.72. The summed E-state index contributed by atoms with van der Waals surface area (Å²) in [6, 6.07) is 22.5. The van der Waals surface area contributed by atoms with Crippen LogP contribution in [0.3, 0.4) is 0 Å². The molecule has 4 rings (SSSR count). The zero-order valence-corrected chi connectivity index (χ0v) is 20.3. The van der Waals surface area contributed by atoms with E-state index in [9.17, 15) is 10.2 Å². The highest BCUT2D eigenvalue weighted by atomic mass is 79.9. The van der Waals surface area contributed by atoms with Gasteiger partial charge in [-0.2, -0.15) is 0 Å². The minimum atomic E-state index is -0.0837. The molecule has 0 aromatic heterocycles. The molecule has 2 N–H and O–H groups in total. The van der Waals surface area contributed by atoms with Crippen molar-refractivity contribution in [3.8, 4) is 44.9 Å². The molecule has 30 heavy (non-hydrogen) atoms. The van der Waals surface area contributed by atoms with Crippen LogP contribution in [0.1, 0.15) is 0 Å². The highest BCUT2D eigenvalue weighted by Crippen LogP contribution is 2.50. The molecule has 0 heterocycles. The lowest BCUT2D eigenvalue weighted by molar-refractivity contribution is 0.457. The number of aromatic hydroxyl groups is 2. The molecule has 0 spiro atoms. The summed E-state index contributed by atoms with van der Waals surface area (Å²) in [6.07, 6.45) is 0. The number of rotatable bonds is 3. The second-order valence-corrected chi connectivity index (χ2v) is 9.24.